The van der Waals surface area contributed by atoms with Gasteiger partial charge in [0.1, 0.15) is 11.8 Å². The average Bonchev–Trinajstić information content (AvgIpc) is 3.09. The third-order valence-electron chi connectivity index (χ3n) is 5.67. The molecule has 0 N–H and O–H groups in total. The van der Waals surface area contributed by atoms with Crippen LogP contribution in [0.5, 0.6) is 0 Å². The van der Waals surface area contributed by atoms with Crippen molar-refractivity contribution in [2.24, 2.45) is 0 Å². The molecule has 184 valence electrons. The molecule has 2 aromatic rings. The van der Waals surface area contributed by atoms with Crippen molar-refractivity contribution in [3.8, 4) is 0 Å². The van der Waals surface area contributed by atoms with Crippen LogP contribution in [0.25, 0.3) is 5.65 Å². The van der Waals surface area contributed by atoms with Crippen LogP contribution >= 0.6 is 31.5 Å². The first kappa shape index (κ1) is 25.3. The summed E-state index contributed by atoms with van der Waals surface area (Å²) in [6.45, 7) is 0.814. The fraction of sp³-hybridized carbons (Fsp3) is 0.400. The summed E-state index contributed by atoms with van der Waals surface area (Å²) < 4.78 is 65.1. The molecule has 1 aliphatic carbocycles. The highest BCUT2D eigenvalue weighted by molar-refractivity contribution is 8.17. The number of amides is 1. The Labute approximate surface area is 206 Å². The molecule has 2 aliphatic rings. The maximum absolute atomic E-state index is 15.3. The summed E-state index contributed by atoms with van der Waals surface area (Å²) in [7, 11) is 4.85. The van der Waals surface area contributed by atoms with Gasteiger partial charge in [-0.15, -0.1) is 9.24 Å². The summed E-state index contributed by atoms with van der Waals surface area (Å²) in [5, 5.41) is 0.144. The van der Waals surface area contributed by atoms with Crippen LogP contribution in [-0.4, -0.2) is 67.9 Å². The number of carbonyl (C=O) groups is 1. The smallest absolute Gasteiger partial charge is 0.409 e. The Kier molecular flexibility index (Phi) is 7.22. The normalized spacial score (nSPS) is 23.6. The van der Waals surface area contributed by atoms with E-state index in [1.54, 1.807) is 0 Å². The number of carbonyl (C=O) groups excluding carboxylic acids is 1. The fourth-order valence-corrected chi connectivity index (χ4v) is 5.76. The largest absolute Gasteiger partial charge is 0.453 e. The van der Waals surface area contributed by atoms with Gasteiger partial charge in [0.15, 0.2) is 5.82 Å². The molecule has 2 aromatic heterocycles. The number of fused-ring (bicyclic) bond motifs is 1. The SMILES string of the molecule is COC(=O)N1CCO[C@@H](Cc2c(C3C(P)=CC(S(=O)(=O)Cl)=CC3F)nc3cc(Cl)c(F)cn23)C1. The highest BCUT2D eigenvalue weighted by Gasteiger charge is 2.36. The van der Waals surface area contributed by atoms with Crippen molar-refractivity contribution in [1.29, 1.82) is 0 Å². The molecule has 14 heteroatoms. The number of ether oxygens (including phenoxy) is 2. The summed E-state index contributed by atoms with van der Waals surface area (Å²) in [5.41, 5.74) is 0.979. The van der Waals surface area contributed by atoms with Gasteiger partial charge in [-0.2, -0.15) is 0 Å². The molecule has 8 nitrogen and oxygen atoms in total. The van der Waals surface area contributed by atoms with Crippen molar-refractivity contribution in [1.82, 2.24) is 14.3 Å². The average molecular weight is 554 g/mol. The Morgan fingerprint density at radius 3 is 2.82 bits per heavy atom. The highest BCUT2D eigenvalue weighted by Crippen LogP contribution is 2.42. The fourth-order valence-electron chi connectivity index (χ4n) is 4.11. The second-order valence-corrected chi connectivity index (χ2v) is 11.5. The van der Waals surface area contributed by atoms with Crippen LogP contribution in [-0.2, 0) is 24.9 Å². The number of halogens is 4. The lowest BCUT2D eigenvalue weighted by atomic mass is 9.92. The zero-order valence-corrected chi connectivity index (χ0v) is 21.2. The van der Waals surface area contributed by atoms with Gasteiger partial charge in [-0.05, 0) is 17.5 Å². The molecule has 0 bridgehead atoms. The number of methoxy groups -OCH3 is 1. The first-order valence-electron chi connectivity index (χ1n) is 10.1. The lowest BCUT2D eigenvalue weighted by Gasteiger charge is -2.32. The molecule has 0 spiro atoms. The zero-order chi connectivity index (χ0) is 24.8. The lowest BCUT2D eigenvalue weighted by molar-refractivity contribution is -0.0243. The quantitative estimate of drug-likeness (QED) is 0.422. The van der Waals surface area contributed by atoms with E-state index < -0.39 is 39.2 Å². The van der Waals surface area contributed by atoms with Gasteiger partial charge in [0.05, 0.1) is 47.9 Å². The Bertz CT molecular complexity index is 1320. The van der Waals surface area contributed by atoms with E-state index in [0.717, 1.165) is 12.3 Å². The number of nitrogens with zero attached hydrogens (tertiary/aromatic N) is 3. The van der Waals surface area contributed by atoms with Crippen molar-refractivity contribution in [2.75, 3.05) is 26.8 Å². The van der Waals surface area contributed by atoms with Crippen molar-refractivity contribution in [3.05, 3.63) is 56.9 Å². The van der Waals surface area contributed by atoms with E-state index in [1.165, 1.54) is 28.6 Å². The molecular weight excluding hydrogens is 534 g/mol. The molecule has 34 heavy (non-hydrogen) atoms. The summed E-state index contributed by atoms with van der Waals surface area (Å²) in [5.74, 6) is -1.68. The molecule has 1 aliphatic heterocycles. The van der Waals surface area contributed by atoms with Gasteiger partial charge in [0.2, 0.25) is 0 Å². The number of allylic oxidation sites excluding steroid dienone is 3. The van der Waals surface area contributed by atoms with E-state index >= 15 is 4.39 Å². The van der Waals surface area contributed by atoms with E-state index in [4.69, 9.17) is 31.8 Å². The second-order valence-electron chi connectivity index (χ2n) is 7.83. The zero-order valence-electron chi connectivity index (χ0n) is 17.8. The first-order valence-corrected chi connectivity index (χ1v) is 13.3. The summed E-state index contributed by atoms with van der Waals surface area (Å²) in [6, 6.07) is 1.32. The number of hydrogen-bond donors (Lipinski definition) is 0. The molecule has 3 unspecified atom stereocenters. The minimum atomic E-state index is -4.14. The monoisotopic (exact) mass is 553 g/mol. The van der Waals surface area contributed by atoms with Crippen molar-refractivity contribution in [2.45, 2.75) is 24.6 Å². The number of morpholine rings is 1. The molecular formula is C20H20Cl2F2N3O5PS. The number of imidazole rings is 1. The van der Waals surface area contributed by atoms with Crippen LogP contribution in [0.3, 0.4) is 0 Å². The van der Waals surface area contributed by atoms with Crippen LogP contribution in [0.15, 0.2) is 34.6 Å². The van der Waals surface area contributed by atoms with Crippen LogP contribution in [0.1, 0.15) is 17.3 Å². The summed E-state index contributed by atoms with van der Waals surface area (Å²) >= 11 is 5.93. The Balaban J connectivity index is 1.77. The number of alkyl halides is 1. The van der Waals surface area contributed by atoms with Gasteiger partial charge in [-0.25, -0.2) is 27.0 Å². The van der Waals surface area contributed by atoms with Gasteiger partial charge >= 0.3 is 6.09 Å². The van der Waals surface area contributed by atoms with Crippen LogP contribution in [0.4, 0.5) is 13.6 Å². The van der Waals surface area contributed by atoms with Crippen LogP contribution in [0.2, 0.25) is 5.02 Å². The van der Waals surface area contributed by atoms with Crippen molar-refractivity contribution in [3.63, 3.8) is 0 Å². The molecule has 3 heterocycles. The molecule has 0 radical (unpaired) electrons. The third-order valence-corrected chi connectivity index (χ3v) is 7.84. The summed E-state index contributed by atoms with van der Waals surface area (Å²) in [4.78, 5) is 17.6. The second kappa shape index (κ2) is 9.70. The number of rotatable bonds is 4. The van der Waals surface area contributed by atoms with E-state index in [0.29, 0.717) is 17.6 Å². The Morgan fingerprint density at radius 2 is 2.18 bits per heavy atom. The maximum Gasteiger partial charge on any atom is 0.409 e. The molecule has 0 saturated carbocycles. The number of aromatic nitrogens is 2. The van der Waals surface area contributed by atoms with E-state index in [1.807, 2.05) is 0 Å². The predicted octanol–water partition coefficient (Wildman–Crippen LogP) is 3.78. The van der Waals surface area contributed by atoms with Crippen LogP contribution in [0, 0.1) is 5.82 Å². The maximum atomic E-state index is 15.3. The standard InChI is InChI=1S/C20H20Cl2F2N3O5PS/c1-31-20(28)26-2-3-32-10(8-26)4-15-19(25-17-7-12(21)14(24)9-27(15)17)18-13(23)5-11(6-16(18)33)34(22,29)30/h5-7,9-10,13,18H,2-4,8,33H2,1H3/t10-,13?,18?/m0/s1. The minimum Gasteiger partial charge on any atom is -0.453 e. The molecule has 1 amide bonds. The number of pyridine rings is 1. The minimum absolute atomic E-state index is 0.154. The van der Waals surface area contributed by atoms with Crippen molar-refractivity contribution >= 4 is 52.3 Å². The van der Waals surface area contributed by atoms with Crippen LogP contribution < -0.4 is 0 Å². The molecule has 4 atom stereocenters. The molecule has 1 saturated heterocycles. The van der Waals surface area contributed by atoms with Gasteiger partial charge in [-0.3, -0.25) is 0 Å². The lowest BCUT2D eigenvalue weighted by Crippen LogP contribution is -2.46. The Hall–Kier alpha value is -1.78. The molecule has 1 fully saturated rings. The first-order chi connectivity index (χ1) is 16.0. The Morgan fingerprint density at radius 1 is 1.44 bits per heavy atom. The molecule has 0 aromatic carbocycles. The number of hydrogen-bond acceptors (Lipinski definition) is 6. The van der Waals surface area contributed by atoms with Gasteiger partial charge in [-0.1, -0.05) is 11.6 Å². The third kappa shape index (κ3) is 4.95. The van der Waals surface area contributed by atoms with Gasteiger partial charge < -0.3 is 18.8 Å². The van der Waals surface area contributed by atoms with E-state index in [2.05, 4.69) is 14.2 Å². The van der Waals surface area contributed by atoms with Crippen molar-refractivity contribution < 1.29 is 31.5 Å². The van der Waals surface area contributed by atoms with Gasteiger partial charge in [0.25, 0.3) is 9.05 Å². The summed E-state index contributed by atoms with van der Waals surface area (Å²) in [6.07, 6.45) is 0.703. The highest BCUT2D eigenvalue weighted by atomic mass is 35.7. The van der Waals surface area contributed by atoms with E-state index in [-0.39, 0.29) is 40.8 Å². The molecule has 4 rings (SSSR count). The topological polar surface area (TPSA) is 90.2 Å². The van der Waals surface area contributed by atoms with Gasteiger partial charge in [0, 0.05) is 41.6 Å². The predicted molar refractivity (Wildman–Crippen MR) is 126 cm³/mol. The van der Waals surface area contributed by atoms with E-state index in [9.17, 15) is 17.6 Å².